The maximum absolute atomic E-state index is 12.1. The molecule has 1 amide bonds. The van der Waals surface area contributed by atoms with Crippen molar-refractivity contribution in [3.05, 3.63) is 22.8 Å². The van der Waals surface area contributed by atoms with Crippen LogP contribution in [0.1, 0.15) is 36.5 Å². The average Bonchev–Trinajstić information content (AvgIpc) is 2.76. The Balaban J connectivity index is 1.94. The van der Waals surface area contributed by atoms with Gasteiger partial charge in [-0.25, -0.2) is 4.98 Å². The Morgan fingerprint density at radius 1 is 1.58 bits per heavy atom. The lowest BCUT2D eigenvalue weighted by Crippen LogP contribution is -2.33. The van der Waals surface area contributed by atoms with E-state index < -0.39 is 0 Å². The minimum Gasteiger partial charge on any atom is -0.384 e. The summed E-state index contributed by atoms with van der Waals surface area (Å²) in [7, 11) is 0. The third-order valence-corrected chi connectivity index (χ3v) is 4.62. The van der Waals surface area contributed by atoms with Gasteiger partial charge in [-0.1, -0.05) is 18.5 Å². The lowest BCUT2D eigenvalue weighted by molar-refractivity contribution is 0.0938. The lowest BCUT2D eigenvalue weighted by Gasteiger charge is -2.13. The number of pyridine rings is 1. The van der Waals surface area contributed by atoms with E-state index in [2.05, 4.69) is 17.2 Å². The molecule has 3 N–H and O–H groups in total. The molecule has 1 aromatic rings. The molecule has 2 rings (SSSR count). The highest BCUT2D eigenvalue weighted by Gasteiger charge is 2.26. The molecular weight excluding hydrogens is 282 g/mol. The summed E-state index contributed by atoms with van der Waals surface area (Å²) in [6, 6.07) is 3.35. The van der Waals surface area contributed by atoms with Crippen molar-refractivity contribution in [2.75, 3.05) is 11.5 Å². The topological polar surface area (TPSA) is 68.0 Å². The molecule has 104 valence electrons. The SMILES string of the molecule is CCSC1CCC(NC(=O)c2cc(N)nc(Cl)c2)C1. The number of thioether (sulfide) groups is 1. The van der Waals surface area contributed by atoms with Crippen molar-refractivity contribution in [3.63, 3.8) is 0 Å². The smallest absolute Gasteiger partial charge is 0.251 e. The number of hydrogen-bond acceptors (Lipinski definition) is 4. The first-order valence-electron chi connectivity index (χ1n) is 6.44. The summed E-state index contributed by atoms with van der Waals surface area (Å²) in [6.07, 6.45) is 3.25. The molecule has 1 aliphatic carbocycles. The van der Waals surface area contributed by atoms with E-state index in [1.165, 1.54) is 6.42 Å². The van der Waals surface area contributed by atoms with E-state index in [1.54, 1.807) is 12.1 Å². The first-order valence-corrected chi connectivity index (χ1v) is 7.86. The standard InChI is InChI=1S/C13H18ClN3OS/c1-2-19-10-4-3-9(7-10)16-13(18)8-5-11(14)17-12(15)6-8/h5-6,9-10H,2-4,7H2,1H3,(H2,15,17)(H,16,18). The molecule has 19 heavy (non-hydrogen) atoms. The van der Waals surface area contributed by atoms with Crippen LogP contribution in [0.25, 0.3) is 0 Å². The van der Waals surface area contributed by atoms with Gasteiger partial charge in [0.1, 0.15) is 11.0 Å². The first-order chi connectivity index (χ1) is 9.08. The Bertz CT molecular complexity index is 449. The van der Waals surface area contributed by atoms with Gasteiger partial charge in [0.2, 0.25) is 0 Å². The monoisotopic (exact) mass is 299 g/mol. The Labute approximate surface area is 122 Å². The highest BCUT2D eigenvalue weighted by molar-refractivity contribution is 7.99. The molecule has 1 heterocycles. The van der Waals surface area contributed by atoms with Crippen molar-refractivity contribution >= 4 is 35.1 Å². The van der Waals surface area contributed by atoms with E-state index in [0.717, 1.165) is 18.6 Å². The predicted octanol–water partition coefficient (Wildman–Crippen LogP) is 2.72. The summed E-state index contributed by atoms with van der Waals surface area (Å²) in [5.41, 5.74) is 6.06. The van der Waals surface area contributed by atoms with Crippen LogP contribution in [-0.2, 0) is 0 Å². The molecule has 0 bridgehead atoms. The van der Waals surface area contributed by atoms with Gasteiger partial charge in [0, 0.05) is 16.9 Å². The third kappa shape index (κ3) is 4.01. The minimum absolute atomic E-state index is 0.122. The number of hydrogen-bond donors (Lipinski definition) is 2. The fourth-order valence-electron chi connectivity index (χ4n) is 2.38. The van der Waals surface area contributed by atoms with Crippen molar-refractivity contribution in [2.24, 2.45) is 0 Å². The van der Waals surface area contributed by atoms with E-state index in [-0.39, 0.29) is 22.9 Å². The molecular formula is C13H18ClN3OS. The van der Waals surface area contributed by atoms with E-state index in [0.29, 0.717) is 10.8 Å². The van der Waals surface area contributed by atoms with Crippen LogP contribution in [0.4, 0.5) is 5.82 Å². The fourth-order valence-corrected chi connectivity index (χ4v) is 3.73. The summed E-state index contributed by atoms with van der Waals surface area (Å²) in [6.45, 7) is 2.16. The second kappa shape index (κ2) is 6.48. The largest absolute Gasteiger partial charge is 0.384 e. The zero-order chi connectivity index (χ0) is 13.8. The van der Waals surface area contributed by atoms with Gasteiger partial charge in [0.15, 0.2) is 0 Å². The summed E-state index contributed by atoms with van der Waals surface area (Å²) in [4.78, 5) is 16.0. The average molecular weight is 300 g/mol. The van der Waals surface area contributed by atoms with Gasteiger partial charge < -0.3 is 11.1 Å². The maximum atomic E-state index is 12.1. The van der Waals surface area contributed by atoms with Crippen LogP contribution in [0.5, 0.6) is 0 Å². The number of aromatic nitrogens is 1. The number of nitrogen functional groups attached to an aromatic ring is 1. The van der Waals surface area contributed by atoms with Crippen molar-refractivity contribution in [2.45, 2.75) is 37.5 Å². The number of halogens is 1. The van der Waals surface area contributed by atoms with Crippen LogP contribution >= 0.6 is 23.4 Å². The van der Waals surface area contributed by atoms with Crippen LogP contribution in [-0.4, -0.2) is 27.9 Å². The lowest BCUT2D eigenvalue weighted by atomic mass is 10.2. The van der Waals surface area contributed by atoms with Crippen molar-refractivity contribution in [1.82, 2.24) is 10.3 Å². The zero-order valence-corrected chi connectivity index (χ0v) is 12.4. The molecule has 0 spiro atoms. The van der Waals surface area contributed by atoms with Crippen molar-refractivity contribution < 1.29 is 4.79 Å². The quantitative estimate of drug-likeness (QED) is 0.839. The molecule has 2 atom stereocenters. The molecule has 1 aliphatic rings. The Hall–Kier alpha value is -0.940. The van der Waals surface area contributed by atoms with Crippen LogP contribution < -0.4 is 11.1 Å². The molecule has 0 aromatic carbocycles. The maximum Gasteiger partial charge on any atom is 0.251 e. The Morgan fingerprint density at radius 3 is 3.05 bits per heavy atom. The van der Waals surface area contributed by atoms with Gasteiger partial charge in [-0.2, -0.15) is 11.8 Å². The number of nitrogens with zero attached hydrogens (tertiary/aromatic N) is 1. The molecule has 1 saturated carbocycles. The van der Waals surface area contributed by atoms with Gasteiger partial charge in [0.05, 0.1) is 0 Å². The highest BCUT2D eigenvalue weighted by Crippen LogP contribution is 2.29. The van der Waals surface area contributed by atoms with Crippen LogP contribution in [0.2, 0.25) is 5.15 Å². The molecule has 6 heteroatoms. The molecule has 4 nitrogen and oxygen atoms in total. The summed E-state index contributed by atoms with van der Waals surface area (Å²) < 4.78 is 0. The number of nitrogens with one attached hydrogen (secondary N) is 1. The fraction of sp³-hybridized carbons (Fsp3) is 0.538. The van der Waals surface area contributed by atoms with E-state index in [9.17, 15) is 4.79 Å². The number of nitrogens with two attached hydrogens (primary N) is 1. The molecule has 1 fully saturated rings. The molecule has 0 radical (unpaired) electrons. The van der Waals surface area contributed by atoms with Crippen LogP contribution in [0.3, 0.4) is 0 Å². The number of rotatable bonds is 4. The second-order valence-electron chi connectivity index (χ2n) is 4.66. The summed E-state index contributed by atoms with van der Waals surface area (Å²) in [5, 5.41) is 3.96. The Kier molecular flexibility index (Phi) is 4.93. The van der Waals surface area contributed by atoms with Gasteiger partial charge in [-0.3, -0.25) is 4.79 Å². The first kappa shape index (κ1) is 14.5. The summed E-state index contributed by atoms with van der Waals surface area (Å²) >= 11 is 7.77. The van der Waals surface area contributed by atoms with Gasteiger partial charge in [0.25, 0.3) is 5.91 Å². The highest BCUT2D eigenvalue weighted by atomic mass is 35.5. The predicted molar refractivity (Wildman–Crippen MR) is 80.7 cm³/mol. The number of anilines is 1. The molecule has 2 unspecified atom stereocenters. The van der Waals surface area contributed by atoms with Crippen molar-refractivity contribution in [1.29, 1.82) is 0 Å². The van der Waals surface area contributed by atoms with Crippen molar-refractivity contribution in [3.8, 4) is 0 Å². The van der Waals surface area contributed by atoms with E-state index >= 15 is 0 Å². The molecule has 1 aromatic heterocycles. The van der Waals surface area contributed by atoms with Crippen LogP contribution in [0.15, 0.2) is 12.1 Å². The summed E-state index contributed by atoms with van der Waals surface area (Å²) in [5.74, 6) is 1.27. The number of carbonyl (C=O) groups excluding carboxylic acids is 1. The second-order valence-corrected chi connectivity index (χ2v) is 6.63. The van der Waals surface area contributed by atoms with Gasteiger partial charge in [-0.15, -0.1) is 0 Å². The normalized spacial score (nSPS) is 22.4. The van der Waals surface area contributed by atoms with E-state index in [1.807, 2.05) is 11.8 Å². The number of carbonyl (C=O) groups is 1. The van der Waals surface area contributed by atoms with Gasteiger partial charge in [-0.05, 0) is 37.1 Å². The Morgan fingerprint density at radius 2 is 2.37 bits per heavy atom. The zero-order valence-electron chi connectivity index (χ0n) is 10.9. The van der Waals surface area contributed by atoms with Crippen LogP contribution in [0, 0.1) is 0 Å². The third-order valence-electron chi connectivity index (χ3n) is 3.20. The van der Waals surface area contributed by atoms with Gasteiger partial charge >= 0.3 is 0 Å². The van der Waals surface area contributed by atoms with E-state index in [4.69, 9.17) is 17.3 Å². The minimum atomic E-state index is -0.122. The molecule has 0 saturated heterocycles. The number of amides is 1. The molecule has 0 aliphatic heterocycles.